The Hall–Kier alpha value is -2.53. The molecule has 0 spiro atoms. The molecule has 0 radical (unpaired) electrons. The second-order valence-corrected chi connectivity index (χ2v) is 5.06. The lowest BCUT2D eigenvalue weighted by atomic mass is 10.0. The molecule has 1 aliphatic rings. The molecular weight excluding hydrogens is 270 g/mol. The Bertz CT molecular complexity index is 708. The fourth-order valence-corrected chi connectivity index (χ4v) is 2.26. The number of Topliss-reactive ketones (excluding diaryl/α,β-unsaturated/α-hetero) is 1. The zero-order valence-corrected chi connectivity index (χ0v) is 11.4. The van der Waals surface area contributed by atoms with Crippen molar-refractivity contribution in [2.45, 2.75) is 19.1 Å². The maximum atomic E-state index is 12.3. The van der Waals surface area contributed by atoms with Crippen molar-refractivity contribution < 1.29 is 14.5 Å². The highest BCUT2D eigenvalue weighted by Crippen LogP contribution is 2.41. The molecule has 1 aliphatic heterocycles. The topological polar surface area (TPSA) is 72.7 Å². The molecule has 0 unspecified atom stereocenters. The summed E-state index contributed by atoms with van der Waals surface area (Å²) in [5, 5.41) is 10.8. The van der Waals surface area contributed by atoms with Gasteiger partial charge < -0.3 is 4.74 Å². The average molecular weight is 283 g/mol. The Morgan fingerprint density at radius 3 is 2.57 bits per heavy atom. The van der Waals surface area contributed by atoms with Crippen molar-refractivity contribution in [2.24, 2.45) is 0 Å². The maximum absolute atomic E-state index is 12.3. The minimum atomic E-state index is -0.547. The molecule has 1 saturated heterocycles. The number of hydrogen-bond donors (Lipinski definition) is 0. The van der Waals surface area contributed by atoms with Crippen LogP contribution in [0, 0.1) is 17.0 Å². The maximum Gasteiger partial charge on any atom is 0.269 e. The molecule has 0 amide bonds. The summed E-state index contributed by atoms with van der Waals surface area (Å²) in [6.45, 7) is 1.95. The van der Waals surface area contributed by atoms with Gasteiger partial charge in [0.15, 0.2) is 11.9 Å². The van der Waals surface area contributed by atoms with Crippen LogP contribution in [0.25, 0.3) is 0 Å². The zero-order valence-electron chi connectivity index (χ0n) is 11.4. The highest BCUT2D eigenvalue weighted by atomic mass is 16.6. The van der Waals surface area contributed by atoms with Gasteiger partial charge in [-0.25, -0.2) is 0 Å². The van der Waals surface area contributed by atoms with Crippen LogP contribution in [0.5, 0.6) is 0 Å². The summed E-state index contributed by atoms with van der Waals surface area (Å²) in [7, 11) is 0. The molecule has 5 nitrogen and oxygen atoms in total. The summed E-state index contributed by atoms with van der Waals surface area (Å²) in [5.74, 6) is -0.0912. The van der Waals surface area contributed by atoms with E-state index in [1.807, 2.05) is 19.1 Å². The smallest absolute Gasteiger partial charge is 0.269 e. The molecule has 21 heavy (non-hydrogen) atoms. The van der Waals surface area contributed by atoms with Crippen molar-refractivity contribution in [3.8, 4) is 0 Å². The first-order valence-electron chi connectivity index (χ1n) is 6.57. The number of carbonyl (C=O) groups is 1. The Labute approximate surface area is 121 Å². The van der Waals surface area contributed by atoms with Gasteiger partial charge in [0, 0.05) is 17.7 Å². The first kappa shape index (κ1) is 13.5. The van der Waals surface area contributed by atoms with Crippen LogP contribution >= 0.6 is 0 Å². The lowest BCUT2D eigenvalue weighted by Crippen LogP contribution is -2.08. The quantitative estimate of drug-likeness (QED) is 0.374. The SMILES string of the molecule is Cc1ccc(C(=O)[C@@H]2O[C@@H]2c2cccc([N+](=O)[O-])c2)cc1. The number of non-ortho nitro benzene ring substituents is 1. The number of rotatable bonds is 4. The third-order valence-electron chi connectivity index (χ3n) is 3.50. The van der Waals surface area contributed by atoms with E-state index < -0.39 is 17.1 Å². The average Bonchev–Trinajstić information content (AvgIpc) is 3.28. The fourth-order valence-electron chi connectivity index (χ4n) is 2.26. The first-order chi connectivity index (χ1) is 10.1. The highest BCUT2D eigenvalue weighted by molar-refractivity contribution is 6.01. The van der Waals surface area contributed by atoms with E-state index in [4.69, 9.17) is 4.74 Å². The van der Waals surface area contributed by atoms with Gasteiger partial charge >= 0.3 is 0 Å². The highest BCUT2D eigenvalue weighted by Gasteiger charge is 2.46. The second kappa shape index (κ2) is 5.10. The summed E-state index contributed by atoms with van der Waals surface area (Å²) in [6.07, 6.45) is -0.937. The minimum absolute atomic E-state index is 0.00420. The number of ether oxygens (including phenoxy) is 1. The zero-order chi connectivity index (χ0) is 15.0. The molecule has 0 bridgehead atoms. The molecule has 2 aromatic carbocycles. The Morgan fingerprint density at radius 1 is 1.19 bits per heavy atom. The molecule has 1 fully saturated rings. The van der Waals surface area contributed by atoms with Gasteiger partial charge in [-0.2, -0.15) is 0 Å². The largest absolute Gasteiger partial charge is 0.356 e. The van der Waals surface area contributed by atoms with E-state index in [0.717, 1.165) is 5.56 Å². The van der Waals surface area contributed by atoms with Gasteiger partial charge in [-0.1, -0.05) is 42.0 Å². The number of nitro benzene ring substituents is 1. The van der Waals surface area contributed by atoms with Gasteiger partial charge in [-0.15, -0.1) is 0 Å². The van der Waals surface area contributed by atoms with Gasteiger partial charge in [-0.3, -0.25) is 14.9 Å². The van der Waals surface area contributed by atoms with Crippen molar-refractivity contribution in [1.29, 1.82) is 0 Å². The van der Waals surface area contributed by atoms with E-state index in [1.54, 1.807) is 24.3 Å². The predicted octanol–water partition coefficient (Wildman–Crippen LogP) is 3.23. The molecule has 3 rings (SSSR count). The number of benzene rings is 2. The van der Waals surface area contributed by atoms with Crippen LogP contribution in [-0.2, 0) is 4.74 Å². The molecule has 0 N–H and O–H groups in total. The van der Waals surface area contributed by atoms with E-state index in [0.29, 0.717) is 11.1 Å². The number of epoxide rings is 1. The molecule has 2 atom stereocenters. The number of ketones is 1. The molecule has 5 heteroatoms. The lowest BCUT2D eigenvalue weighted by Gasteiger charge is -1.99. The monoisotopic (exact) mass is 283 g/mol. The van der Waals surface area contributed by atoms with Crippen molar-refractivity contribution in [3.05, 3.63) is 75.3 Å². The minimum Gasteiger partial charge on any atom is -0.356 e. The van der Waals surface area contributed by atoms with Gasteiger partial charge in [-0.05, 0) is 12.5 Å². The van der Waals surface area contributed by atoms with E-state index in [1.165, 1.54) is 12.1 Å². The summed E-state index contributed by atoms with van der Waals surface area (Å²) in [4.78, 5) is 22.6. The van der Waals surface area contributed by atoms with Crippen LogP contribution in [0.4, 0.5) is 5.69 Å². The lowest BCUT2D eigenvalue weighted by molar-refractivity contribution is -0.384. The standard InChI is InChI=1S/C16H13NO4/c1-10-5-7-11(8-6-10)14(18)16-15(21-16)12-3-2-4-13(9-12)17(19)20/h2-9,15-16H,1H3/t15-,16+/m1/s1. The molecular formula is C16H13NO4. The van der Waals surface area contributed by atoms with Crippen LogP contribution in [0.3, 0.4) is 0 Å². The van der Waals surface area contributed by atoms with Gasteiger partial charge in [0.2, 0.25) is 0 Å². The van der Waals surface area contributed by atoms with Crippen LogP contribution < -0.4 is 0 Å². The molecule has 0 aliphatic carbocycles. The third kappa shape index (κ3) is 2.68. The van der Waals surface area contributed by atoms with E-state index >= 15 is 0 Å². The number of nitrogens with zero attached hydrogens (tertiary/aromatic N) is 1. The number of aryl methyl sites for hydroxylation is 1. The van der Waals surface area contributed by atoms with Crippen LogP contribution in [0.15, 0.2) is 48.5 Å². The summed E-state index contributed by atoms with van der Waals surface area (Å²) >= 11 is 0. The summed E-state index contributed by atoms with van der Waals surface area (Å²) < 4.78 is 5.41. The first-order valence-corrected chi connectivity index (χ1v) is 6.57. The van der Waals surface area contributed by atoms with E-state index in [-0.39, 0.29) is 11.5 Å². The van der Waals surface area contributed by atoms with Gasteiger partial charge in [0.25, 0.3) is 5.69 Å². The van der Waals surface area contributed by atoms with Crippen molar-refractivity contribution >= 4 is 11.5 Å². The number of nitro groups is 1. The molecule has 0 saturated carbocycles. The predicted molar refractivity (Wildman–Crippen MR) is 76.2 cm³/mol. The fraction of sp³-hybridized carbons (Fsp3) is 0.188. The van der Waals surface area contributed by atoms with Crippen molar-refractivity contribution in [3.63, 3.8) is 0 Å². The van der Waals surface area contributed by atoms with E-state index in [2.05, 4.69) is 0 Å². The summed E-state index contributed by atoms with van der Waals surface area (Å²) in [5.41, 5.74) is 2.34. The molecule has 106 valence electrons. The number of carbonyl (C=O) groups excluding carboxylic acids is 1. The van der Waals surface area contributed by atoms with E-state index in [9.17, 15) is 14.9 Å². The summed E-state index contributed by atoms with van der Waals surface area (Å²) in [6, 6.07) is 13.5. The molecule has 2 aromatic rings. The van der Waals surface area contributed by atoms with Gasteiger partial charge in [0.1, 0.15) is 6.10 Å². The third-order valence-corrected chi connectivity index (χ3v) is 3.50. The van der Waals surface area contributed by atoms with Crippen LogP contribution in [0.1, 0.15) is 27.6 Å². The molecule has 0 aromatic heterocycles. The Kier molecular flexibility index (Phi) is 3.27. The Balaban J connectivity index is 1.77. The second-order valence-electron chi connectivity index (χ2n) is 5.06. The Morgan fingerprint density at radius 2 is 1.90 bits per heavy atom. The number of hydrogen-bond acceptors (Lipinski definition) is 4. The van der Waals surface area contributed by atoms with Crippen LogP contribution in [-0.4, -0.2) is 16.8 Å². The van der Waals surface area contributed by atoms with Crippen LogP contribution in [0.2, 0.25) is 0 Å². The molecule has 1 heterocycles. The van der Waals surface area contributed by atoms with Crippen molar-refractivity contribution in [1.82, 2.24) is 0 Å². The van der Waals surface area contributed by atoms with Crippen molar-refractivity contribution in [2.75, 3.05) is 0 Å². The normalized spacial score (nSPS) is 20.0. The van der Waals surface area contributed by atoms with Gasteiger partial charge in [0.05, 0.1) is 4.92 Å².